The quantitative estimate of drug-likeness (QED) is 0.392. The van der Waals surface area contributed by atoms with E-state index in [1.165, 1.54) is 0 Å². The first kappa shape index (κ1) is 15.9. The smallest absolute Gasteiger partial charge is 1.00 e. The van der Waals surface area contributed by atoms with Gasteiger partial charge in [-0.1, -0.05) is 0 Å². The largest absolute Gasteiger partial charge is 2.00 e. The van der Waals surface area contributed by atoms with E-state index in [4.69, 9.17) is 17.5 Å². The Morgan fingerprint density at radius 2 is 1.29 bits per heavy atom. The molecule has 0 fully saturated rings. The predicted molar refractivity (Wildman–Crippen MR) is 22.2 cm³/mol. The van der Waals surface area contributed by atoms with Gasteiger partial charge in [0.1, 0.15) is 0 Å². The van der Waals surface area contributed by atoms with Crippen LogP contribution in [0.4, 0.5) is 0 Å². The summed E-state index contributed by atoms with van der Waals surface area (Å²) in [6.45, 7) is 0. The SMILES string of the molecule is O=S(=O)(O)O.[Ca+2].[Fe].[H-].[H-]. The molecule has 0 bridgehead atoms. The molecule has 7 heteroatoms. The Kier molecular flexibility index (Phi) is 13.1. The second-order valence-corrected chi connectivity index (χ2v) is 1.34. The van der Waals surface area contributed by atoms with Crippen LogP contribution in [0.5, 0.6) is 0 Å². The molecule has 44 valence electrons. The Morgan fingerprint density at radius 3 is 1.29 bits per heavy atom. The summed E-state index contributed by atoms with van der Waals surface area (Å²) in [6.07, 6.45) is 0. The van der Waals surface area contributed by atoms with E-state index in [0.717, 1.165) is 0 Å². The van der Waals surface area contributed by atoms with Crippen molar-refractivity contribution in [3.63, 3.8) is 0 Å². The van der Waals surface area contributed by atoms with Gasteiger partial charge < -0.3 is 2.85 Å². The molecule has 0 spiro atoms. The minimum absolute atomic E-state index is 0. The van der Waals surface area contributed by atoms with Crippen molar-refractivity contribution in [2.75, 3.05) is 0 Å². The molecule has 0 aromatic carbocycles. The van der Waals surface area contributed by atoms with Gasteiger partial charge in [0, 0.05) is 17.1 Å². The van der Waals surface area contributed by atoms with Crippen LogP contribution in [0.1, 0.15) is 2.85 Å². The zero-order chi connectivity index (χ0) is 4.50. The molecule has 2 N–H and O–H groups in total. The second kappa shape index (κ2) is 5.78. The summed E-state index contributed by atoms with van der Waals surface area (Å²) in [5, 5.41) is 0. The van der Waals surface area contributed by atoms with Crippen LogP contribution < -0.4 is 0 Å². The van der Waals surface area contributed by atoms with E-state index in [0.29, 0.717) is 0 Å². The van der Waals surface area contributed by atoms with Crippen LogP contribution in [0.25, 0.3) is 0 Å². The van der Waals surface area contributed by atoms with Crippen molar-refractivity contribution < 1.29 is 37.4 Å². The Balaban J connectivity index is -0.0000000133. The fourth-order valence-corrected chi connectivity index (χ4v) is 0. The first-order valence-corrected chi connectivity index (χ1v) is 2.10. The van der Waals surface area contributed by atoms with Gasteiger partial charge in [-0.05, 0) is 0 Å². The molecule has 0 saturated heterocycles. The van der Waals surface area contributed by atoms with Crippen LogP contribution in [0, 0.1) is 0 Å². The van der Waals surface area contributed by atoms with Gasteiger partial charge in [-0.15, -0.1) is 0 Å². The third-order valence-electron chi connectivity index (χ3n) is 0. The van der Waals surface area contributed by atoms with Crippen molar-refractivity contribution in [1.82, 2.24) is 0 Å². The van der Waals surface area contributed by atoms with E-state index in [2.05, 4.69) is 0 Å². The molecule has 0 radical (unpaired) electrons. The molecule has 0 aromatic rings. The molecule has 7 heavy (non-hydrogen) atoms. The maximum Gasteiger partial charge on any atom is 2.00 e. The normalized spacial score (nSPS) is 8.29. The van der Waals surface area contributed by atoms with Crippen molar-refractivity contribution in [2.24, 2.45) is 0 Å². The molecule has 0 rings (SSSR count). The summed E-state index contributed by atoms with van der Waals surface area (Å²) in [6, 6.07) is 0. The van der Waals surface area contributed by atoms with Crippen molar-refractivity contribution in [3.8, 4) is 0 Å². The van der Waals surface area contributed by atoms with Crippen LogP contribution >= 0.6 is 0 Å². The summed E-state index contributed by atoms with van der Waals surface area (Å²) in [7, 11) is -4.67. The van der Waals surface area contributed by atoms with Gasteiger partial charge >= 0.3 is 48.1 Å². The molecular weight excluding hydrogens is 192 g/mol. The van der Waals surface area contributed by atoms with Crippen LogP contribution in [0.15, 0.2) is 0 Å². The van der Waals surface area contributed by atoms with Gasteiger partial charge in [-0.25, -0.2) is 0 Å². The minimum atomic E-state index is -4.67. The Labute approximate surface area is 84.7 Å². The predicted octanol–water partition coefficient (Wildman–Crippen LogP) is -0.811. The molecule has 0 saturated carbocycles. The van der Waals surface area contributed by atoms with Gasteiger partial charge in [0.15, 0.2) is 0 Å². The van der Waals surface area contributed by atoms with E-state index in [9.17, 15) is 0 Å². The fraction of sp³-hybridized carbons (Fsp3) is 0. The van der Waals surface area contributed by atoms with Crippen LogP contribution in [-0.2, 0) is 27.5 Å². The summed E-state index contributed by atoms with van der Waals surface area (Å²) >= 11 is 0. The van der Waals surface area contributed by atoms with Crippen LogP contribution in [0.2, 0.25) is 0 Å². The van der Waals surface area contributed by atoms with Crippen molar-refractivity contribution in [3.05, 3.63) is 0 Å². The van der Waals surface area contributed by atoms with E-state index in [-0.39, 0.29) is 57.7 Å². The van der Waals surface area contributed by atoms with Crippen LogP contribution in [0.3, 0.4) is 0 Å². The Morgan fingerprint density at radius 1 is 1.29 bits per heavy atom. The van der Waals surface area contributed by atoms with E-state index >= 15 is 0 Å². The van der Waals surface area contributed by atoms with Crippen molar-refractivity contribution >= 4 is 48.1 Å². The fourth-order valence-electron chi connectivity index (χ4n) is 0. The number of hydrogen-bond acceptors (Lipinski definition) is 2. The molecule has 4 nitrogen and oxygen atoms in total. The first-order valence-electron chi connectivity index (χ1n) is 0.698. The summed E-state index contributed by atoms with van der Waals surface area (Å²) < 4.78 is 31.6. The third-order valence-corrected chi connectivity index (χ3v) is 0. The Bertz CT molecular complexity index is 102. The summed E-state index contributed by atoms with van der Waals surface area (Å²) in [5.41, 5.74) is 0. The Hall–Kier alpha value is 1.65. The first-order chi connectivity index (χ1) is 2.00. The average molecular weight is 196 g/mol. The van der Waals surface area contributed by atoms with E-state index in [1.54, 1.807) is 0 Å². The zero-order valence-corrected chi connectivity index (χ0v) is 7.31. The topological polar surface area (TPSA) is 74.6 Å². The summed E-state index contributed by atoms with van der Waals surface area (Å²) in [5.74, 6) is 0. The minimum Gasteiger partial charge on any atom is -1.00 e. The van der Waals surface area contributed by atoms with Gasteiger partial charge in [0.2, 0.25) is 0 Å². The molecule has 0 aliphatic heterocycles. The maximum absolute atomic E-state index is 8.74. The average Bonchev–Trinajstić information content (AvgIpc) is 0.722. The van der Waals surface area contributed by atoms with Crippen molar-refractivity contribution in [1.29, 1.82) is 0 Å². The van der Waals surface area contributed by atoms with Crippen LogP contribution in [-0.4, -0.2) is 55.3 Å². The summed E-state index contributed by atoms with van der Waals surface area (Å²) in [4.78, 5) is 0. The van der Waals surface area contributed by atoms with Gasteiger partial charge in [-0.2, -0.15) is 8.42 Å². The van der Waals surface area contributed by atoms with Crippen molar-refractivity contribution in [2.45, 2.75) is 0 Å². The molecular formula is H4CaFeO4S. The molecule has 0 aliphatic rings. The van der Waals surface area contributed by atoms with E-state index in [1.807, 2.05) is 0 Å². The van der Waals surface area contributed by atoms with Gasteiger partial charge in [0.05, 0.1) is 0 Å². The molecule has 0 aromatic heterocycles. The molecule has 0 atom stereocenters. The molecule has 0 aliphatic carbocycles. The zero-order valence-electron chi connectivity index (χ0n) is 5.18. The number of rotatable bonds is 0. The van der Waals surface area contributed by atoms with Gasteiger partial charge in [0.25, 0.3) is 0 Å². The van der Waals surface area contributed by atoms with Gasteiger partial charge in [-0.3, -0.25) is 9.11 Å². The molecule has 0 unspecified atom stereocenters. The second-order valence-electron chi connectivity index (χ2n) is 0.448. The number of hydrogen-bond donors (Lipinski definition) is 2. The molecule has 0 heterocycles. The monoisotopic (exact) mass is 196 g/mol. The standard InChI is InChI=1S/Ca.Fe.H2O4S.2H/c;;1-5(2,3)4;;/h;;(H2,1,2,3,4);;/q+2;;;2*-1. The third kappa shape index (κ3) is 89.8. The maximum atomic E-state index is 8.74. The molecule has 0 amide bonds. The van der Waals surface area contributed by atoms with E-state index < -0.39 is 10.4 Å².